The lowest BCUT2D eigenvalue weighted by molar-refractivity contribution is 0.264. The second-order valence-corrected chi connectivity index (χ2v) is 4.71. The topological polar surface area (TPSA) is 74.2 Å². The molecule has 20 heavy (non-hydrogen) atoms. The number of nitrogens with zero attached hydrogens (tertiary/aromatic N) is 2. The van der Waals surface area contributed by atoms with Gasteiger partial charge in [0.05, 0.1) is 11.9 Å². The van der Waals surface area contributed by atoms with Gasteiger partial charge in [0.25, 0.3) is 0 Å². The van der Waals surface area contributed by atoms with Crippen molar-refractivity contribution in [2.24, 2.45) is 0 Å². The summed E-state index contributed by atoms with van der Waals surface area (Å²) in [4.78, 5) is 8.38. The predicted octanol–water partition coefficient (Wildman–Crippen LogP) is 3.00. The van der Waals surface area contributed by atoms with E-state index in [4.69, 9.17) is 14.9 Å². The number of pyridine rings is 1. The Morgan fingerprint density at radius 2 is 2.00 bits per heavy atom. The zero-order valence-electron chi connectivity index (χ0n) is 11.4. The van der Waals surface area contributed by atoms with Gasteiger partial charge in [-0.2, -0.15) is 4.98 Å². The second kappa shape index (κ2) is 4.85. The van der Waals surface area contributed by atoms with Gasteiger partial charge in [-0.3, -0.25) is 0 Å². The van der Waals surface area contributed by atoms with E-state index in [0.717, 1.165) is 16.9 Å². The number of oxazole rings is 1. The number of benzene rings is 1. The fourth-order valence-corrected chi connectivity index (χ4v) is 2.10. The Bertz CT molecular complexity index is 745. The van der Waals surface area contributed by atoms with Crippen LogP contribution in [0.25, 0.3) is 11.2 Å². The fraction of sp³-hybridized carbons (Fsp3) is 0.200. The van der Waals surface area contributed by atoms with Gasteiger partial charge >= 0.3 is 0 Å². The minimum atomic E-state index is 0.266. The van der Waals surface area contributed by atoms with Gasteiger partial charge in [0.2, 0.25) is 5.89 Å². The van der Waals surface area contributed by atoms with Crippen molar-refractivity contribution in [3.05, 3.63) is 47.5 Å². The van der Waals surface area contributed by atoms with Gasteiger partial charge in [-0.15, -0.1) is 0 Å². The maximum Gasteiger partial charge on any atom is 0.235 e. The lowest BCUT2D eigenvalue weighted by Crippen LogP contribution is -1.99. The highest BCUT2D eigenvalue weighted by molar-refractivity contribution is 5.71. The standard InChI is InChI=1S/C15H15N3O2/c1-9-4-3-5-10(2)14(9)19-8-13-18-15-12(20-13)6-11(16)7-17-15/h3-7H,8,16H2,1-2H3. The van der Waals surface area contributed by atoms with Gasteiger partial charge in [0.1, 0.15) is 5.75 Å². The zero-order chi connectivity index (χ0) is 14.1. The Balaban J connectivity index is 1.83. The molecule has 0 fully saturated rings. The molecule has 0 aliphatic heterocycles. The third kappa shape index (κ3) is 2.30. The molecule has 3 rings (SSSR count). The number of nitrogen functional groups attached to an aromatic ring is 1. The molecule has 3 aromatic rings. The molecule has 0 amide bonds. The van der Waals surface area contributed by atoms with Crippen LogP contribution in [0.5, 0.6) is 5.75 Å². The number of nitrogens with two attached hydrogens (primary N) is 1. The molecule has 0 unspecified atom stereocenters. The summed E-state index contributed by atoms with van der Waals surface area (Å²) in [5, 5.41) is 0. The van der Waals surface area contributed by atoms with Crippen molar-refractivity contribution in [1.82, 2.24) is 9.97 Å². The number of hydrogen-bond donors (Lipinski definition) is 1. The van der Waals surface area contributed by atoms with Crippen LogP contribution in [0.1, 0.15) is 17.0 Å². The van der Waals surface area contributed by atoms with E-state index < -0.39 is 0 Å². The summed E-state index contributed by atoms with van der Waals surface area (Å²) in [7, 11) is 0. The molecule has 5 nitrogen and oxygen atoms in total. The quantitative estimate of drug-likeness (QED) is 0.791. The van der Waals surface area contributed by atoms with Crippen LogP contribution in [0.3, 0.4) is 0 Å². The van der Waals surface area contributed by atoms with E-state index in [1.165, 1.54) is 0 Å². The molecule has 0 saturated heterocycles. The summed E-state index contributed by atoms with van der Waals surface area (Å²) in [6.45, 7) is 4.29. The Labute approximate surface area is 116 Å². The molecule has 0 atom stereocenters. The van der Waals surface area contributed by atoms with E-state index in [2.05, 4.69) is 9.97 Å². The summed E-state index contributed by atoms with van der Waals surface area (Å²) in [6, 6.07) is 7.73. The summed E-state index contributed by atoms with van der Waals surface area (Å²) >= 11 is 0. The van der Waals surface area contributed by atoms with Crippen molar-refractivity contribution in [3.63, 3.8) is 0 Å². The minimum Gasteiger partial charge on any atom is -0.483 e. The molecule has 0 radical (unpaired) electrons. The van der Waals surface area contributed by atoms with E-state index in [9.17, 15) is 0 Å². The average molecular weight is 269 g/mol. The number of para-hydroxylation sites is 1. The van der Waals surface area contributed by atoms with E-state index >= 15 is 0 Å². The summed E-state index contributed by atoms with van der Waals surface area (Å²) in [5.74, 6) is 1.35. The monoisotopic (exact) mass is 269 g/mol. The van der Waals surface area contributed by atoms with Crippen LogP contribution in [0, 0.1) is 13.8 Å². The first-order valence-electron chi connectivity index (χ1n) is 6.33. The highest BCUT2D eigenvalue weighted by Crippen LogP contribution is 2.24. The van der Waals surface area contributed by atoms with E-state index in [1.807, 2.05) is 32.0 Å². The number of rotatable bonds is 3. The first-order chi connectivity index (χ1) is 9.63. The first kappa shape index (κ1) is 12.5. The van der Waals surface area contributed by atoms with Gasteiger partial charge in [-0.25, -0.2) is 4.98 Å². The van der Waals surface area contributed by atoms with Crippen LogP contribution in [-0.2, 0) is 6.61 Å². The highest BCUT2D eigenvalue weighted by Gasteiger charge is 2.09. The van der Waals surface area contributed by atoms with Gasteiger partial charge in [0.15, 0.2) is 17.8 Å². The number of aryl methyl sites for hydroxylation is 2. The van der Waals surface area contributed by atoms with Crippen molar-refractivity contribution in [2.75, 3.05) is 5.73 Å². The van der Waals surface area contributed by atoms with Crippen molar-refractivity contribution in [3.8, 4) is 5.75 Å². The second-order valence-electron chi connectivity index (χ2n) is 4.71. The van der Waals surface area contributed by atoms with Crippen LogP contribution in [-0.4, -0.2) is 9.97 Å². The van der Waals surface area contributed by atoms with Gasteiger partial charge < -0.3 is 14.9 Å². The Hall–Kier alpha value is -2.56. The summed E-state index contributed by atoms with van der Waals surface area (Å²) in [6.07, 6.45) is 1.56. The molecule has 102 valence electrons. The van der Waals surface area contributed by atoms with E-state index in [1.54, 1.807) is 12.3 Å². The average Bonchev–Trinajstić information content (AvgIpc) is 2.80. The number of anilines is 1. The van der Waals surface area contributed by atoms with Gasteiger partial charge in [0, 0.05) is 6.07 Å². The Morgan fingerprint density at radius 1 is 1.25 bits per heavy atom. The SMILES string of the molecule is Cc1cccc(C)c1OCc1nc2ncc(N)cc2o1. The van der Waals surface area contributed by atoms with Crippen LogP contribution in [0.2, 0.25) is 0 Å². The molecule has 0 spiro atoms. The van der Waals surface area contributed by atoms with Gasteiger partial charge in [-0.1, -0.05) is 18.2 Å². The Morgan fingerprint density at radius 3 is 2.75 bits per heavy atom. The number of aromatic nitrogens is 2. The molecule has 0 bridgehead atoms. The van der Waals surface area contributed by atoms with Crippen molar-refractivity contribution in [2.45, 2.75) is 20.5 Å². The molecule has 0 aliphatic rings. The van der Waals surface area contributed by atoms with Crippen LogP contribution in [0.4, 0.5) is 5.69 Å². The van der Waals surface area contributed by atoms with Crippen LogP contribution < -0.4 is 10.5 Å². The van der Waals surface area contributed by atoms with Crippen LogP contribution in [0.15, 0.2) is 34.9 Å². The normalized spacial score (nSPS) is 10.9. The molecular formula is C15H15N3O2. The van der Waals surface area contributed by atoms with E-state index in [0.29, 0.717) is 22.8 Å². The molecule has 0 saturated carbocycles. The van der Waals surface area contributed by atoms with Gasteiger partial charge in [-0.05, 0) is 25.0 Å². The lowest BCUT2D eigenvalue weighted by atomic mass is 10.1. The lowest BCUT2D eigenvalue weighted by Gasteiger charge is -2.09. The third-order valence-corrected chi connectivity index (χ3v) is 3.06. The summed E-state index contributed by atoms with van der Waals surface area (Å²) in [5.41, 5.74) is 9.50. The molecule has 5 heteroatoms. The number of hydrogen-bond acceptors (Lipinski definition) is 5. The van der Waals surface area contributed by atoms with Crippen molar-refractivity contribution < 1.29 is 9.15 Å². The molecule has 0 aliphatic carbocycles. The molecule has 2 aromatic heterocycles. The van der Waals surface area contributed by atoms with Crippen molar-refractivity contribution in [1.29, 1.82) is 0 Å². The number of ether oxygens (including phenoxy) is 1. The van der Waals surface area contributed by atoms with Crippen LogP contribution >= 0.6 is 0 Å². The highest BCUT2D eigenvalue weighted by atomic mass is 16.5. The first-order valence-corrected chi connectivity index (χ1v) is 6.33. The molecule has 2 N–H and O–H groups in total. The smallest absolute Gasteiger partial charge is 0.235 e. The molecule has 2 heterocycles. The predicted molar refractivity (Wildman–Crippen MR) is 76.5 cm³/mol. The third-order valence-electron chi connectivity index (χ3n) is 3.06. The van der Waals surface area contributed by atoms with Crippen molar-refractivity contribution >= 4 is 16.9 Å². The maximum atomic E-state index is 5.80. The summed E-state index contributed by atoms with van der Waals surface area (Å²) < 4.78 is 11.4. The number of fused-ring (bicyclic) bond motifs is 1. The Kier molecular flexibility index (Phi) is 3.02. The largest absolute Gasteiger partial charge is 0.483 e. The maximum absolute atomic E-state index is 5.80. The molecular weight excluding hydrogens is 254 g/mol. The minimum absolute atomic E-state index is 0.266. The molecule has 1 aromatic carbocycles. The fourth-order valence-electron chi connectivity index (χ4n) is 2.10. The zero-order valence-corrected chi connectivity index (χ0v) is 11.4. The van der Waals surface area contributed by atoms with E-state index in [-0.39, 0.29) is 6.61 Å².